The van der Waals surface area contributed by atoms with Gasteiger partial charge in [0.1, 0.15) is 12.4 Å². The summed E-state index contributed by atoms with van der Waals surface area (Å²) >= 11 is 3.44. The van der Waals surface area contributed by atoms with Gasteiger partial charge in [0.2, 0.25) is 10.0 Å². The molecule has 0 aliphatic carbocycles. The molecule has 2 aromatic rings. The molecule has 0 unspecified atom stereocenters. The lowest BCUT2D eigenvalue weighted by Gasteiger charge is -2.26. The summed E-state index contributed by atoms with van der Waals surface area (Å²) in [5.74, 6) is 0.816. The smallest absolute Gasteiger partial charge is 0.241 e. The number of sulfonamides is 1. The molecule has 128 valence electrons. The van der Waals surface area contributed by atoms with Gasteiger partial charge in [-0.15, -0.1) is 0 Å². The van der Waals surface area contributed by atoms with Crippen LogP contribution < -0.4 is 9.46 Å². The fourth-order valence-corrected chi connectivity index (χ4v) is 4.89. The van der Waals surface area contributed by atoms with E-state index >= 15 is 0 Å². The zero-order valence-electron chi connectivity index (χ0n) is 13.9. The Labute approximate surface area is 151 Å². The Morgan fingerprint density at radius 3 is 2.54 bits per heavy atom. The molecule has 0 saturated heterocycles. The number of benzene rings is 2. The van der Waals surface area contributed by atoms with Crippen LogP contribution >= 0.6 is 15.9 Å². The average Bonchev–Trinajstić information content (AvgIpc) is 2.50. The first-order valence-corrected chi connectivity index (χ1v) is 10.1. The van der Waals surface area contributed by atoms with Crippen LogP contribution in [0.4, 0.5) is 0 Å². The summed E-state index contributed by atoms with van der Waals surface area (Å²) in [6, 6.07) is 9.16. The van der Waals surface area contributed by atoms with Crippen molar-refractivity contribution in [3.63, 3.8) is 0 Å². The Morgan fingerprint density at radius 1 is 1.08 bits per heavy atom. The molecule has 0 amide bonds. The molecule has 1 N–H and O–H groups in total. The highest BCUT2D eigenvalue weighted by atomic mass is 79.9. The van der Waals surface area contributed by atoms with Crippen molar-refractivity contribution in [1.29, 1.82) is 0 Å². The summed E-state index contributed by atoms with van der Waals surface area (Å²) in [5.41, 5.74) is 3.81. The van der Waals surface area contributed by atoms with Crippen LogP contribution in [0, 0.1) is 20.8 Å². The third-order valence-electron chi connectivity index (χ3n) is 4.33. The maximum Gasteiger partial charge on any atom is 0.241 e. The van der Waals surface area contributed by atoms with E-state index in [0.717, 1.165) is 32.5 Å². The minimum Gasteiger partial charge on any atom is -0.492 e. The third-order valence-corrected chi connectivity index (χ3v) is 6.49. The second kappa shape index (κ2) is 6.50. The number of fused-ring (bicyclic) bond motifs is 1. The second-order valence-corrected chi connectivity index (χ2v) is 8.89. The molecule has 0 bridgehead atoms. The number of halogens is 1. The fourth-order valence-electron chi connectivity index (χ4n) is 2.95. The highest BCUT2D eigenvalue weighted by Crippen LogP contribution is 2.28. The lowest BCUT2D eigenvalue weighted by atomic mass is 10.0. The first-order chi connectivity index (χ1) is 11.3. The molecular formula is C18H20BrNO3S. The van der Waals surface area contributed by atoms with E-state index in [2.05, 4.69) is 20.7 Å². The Bertz CT molecular complexity index is 893. The quantitative estimate of drug-likeness (QED) is 0.841. The molecule has 0 fully saturated rings. The molecule has 1 atom stereocenters. The fraction of sp³-hybridized carbons (Fsp3) is 0.333. The molecule has 1 heterocycles. The van der Waals surface area contributed by atoms with Gasteiger partial charge < -0.3 is 4.74 Å². The van der Waals surface area contributed by atoms with Crippen LogP contribution in [0.3, 0.4) is 0 Å². The number of ether oxygens (including phenoxy) is 1. The lowest BCUT2D eigenvalue weighted by Crippen LogP contribution is -2.42. The maximum atomic E-state index is 12.8. The van der Waals surface area contributed by atoms with Gasteiger partial charge in [-0.2, -0.15) is 0 Å². The van der Waals surface area contributed by atoms with Crippen molar-refractivity contribution in [2.45, 2.75) is 38.1 Å². The van der Waals surface area contributed by atoms with E-state index in [4.69, 9.17) is 4.74 Å². The number of aryl methyl sites for hydroxylation is 3. The molecule has 24 heavy (non-hydrogen) atoms. The van der Waals surface area contributed by atoms with Crippen molar-refractivity contribution in [3.8, 4) is 5.75 Å². The van der Waals surface area contributed by atoms with Crippen molar-refractivity contribution in [1.82, 2.24) is 4.72 Å². The Balaban J connectivity index is 1.85. The van der Waals surface area contributed by atoms with Gasteiger partial charge in [-0.05, 0) is 73.7 Å². The standard InChI is InChI=1S/C18H20BrNO3S/c1-11-6-13(3)18(7-12(11)2)24(21,22)20-16-9-14-8-15(19)4-5-17(14)23-10-16/h4-8,16,20H,9-10H2,1-3H3/t16-/m0/s1. The van der Waals surface area contributed by atoms with Gasteiger partial charge in [-0.25, -0.2) is 13.1 Å². The predicted molar refractivity (Wildman–Crippen MR) is 98.1 cm³/mol. The Kier molecular flexibility index (Phi) is 4.73. The third kappa shape index (κ3) is 3.50. The summed E-state index contributed by atoms with van der Waals surface area (Å²) in [6.07, 6.45) is 0.609. The van der Waals surface area contributed by atoms with E-state index in [9.17, 15) is 8.42 Å². The van der Waals surface area contributed by atoms with E-state index in [0.29, 0.717) is 17.9 Å². The molecule has 6 heteroatoms. The molecule has 0 radical (unpaired) electrons. The van der Waals surface area contributed by atoms with Gasteiger partial charge in [0, 0.05) is 4.47 Å². The molecule has 1 aliphatic rings. The molecule has 4 nitrogen and oxygen atoms in total. The minimum atomic E-state index is -3.58. The molecule has 3 rings (SSSR count). The van der Waals surface area contributed by atoms with Crippen LogP contribution in [0.1, 0.15) is 22.3 Å². The summed E-state index contributed by atoms with van der Waals surface area (Å²) in [7, 11) is -3.58. The van der Waals surface area contributed by atoms with Gasteiger partial charge >= 0.3 is 0 Å². The number of nitrogens with one attached hydrogen (secondary N) is 1. The van der Waals surface area contributed by atoms with Crippen molar-refractivity contribution < 1.29 is 13.2 Å². The van der Waals surface area contributed by atoms with E-state index < -0.39 is 10.0 Å². The maximum absolute atomic E-state index is 12.8. The molecule has 2 aromatic carbocycles. The average molecular weight is 410 g/mol. The van der Waals surface area contributed by atoms with Crippen LogP contribution in [-0.2, 0) is 16.4 Å². The lowest BCUT2D eigenvalue weighted by molar-refractivity contribution is 0.254. The van der Waals surface area contributed by atoms with Crippen LogP contribution in [0.5, 0.6) is 5.75 Å². The molecule has 0 spiro atoms. The number of hydrogen-bond donors (Lipinski definition) is 1. The highest BCUT2D eigenvalue weighted by Gasteiger charge is 2.26. The normalized spacial score (nSPS) is 17.2. The van der Waals surface area contributed by atoms with Crippen LogP contribution in [0.25, 0.3) is 0 Å². The Morgan fingerprint density at radius 2 is 1.79 bits per heavy atom. The first kappa shape index (κ1) is 17.5. The molecular weight excluding hydrogens is 390 g/mol. The van der Waals surface area contributed by atoms with Gasteiger partial charge in [0.25, 0.3) is 0 Å². The highest BCUT2D eigenvalue weighted by molar-refractivity contribution is 9.10. The second-order valence-electron chi connectivity index (χ2n) is 6.29. The van der Waals surface area contributed by atoms with E-state index in [1.165, 1.54) is 0 Å². The zero-order chi connectivity index (χ0) is 17.5. The van der Waals surface area contributed by atoms with E-state index in [1.54, 1.807) is 6.07 Å². The van der Waals surface area contributed by atoms with Crippen molar-refractivity contribution in [2.75, 3.05) is 6.61 Å². The van der Waals surface area contributed by atoms with Gasteiger partial charge in [0.05, 0.1) is 10.9 Å². The Hall–Kier alpha value is -1.37. The van der Waals surface area contributed by atoms with Crippen LogP contribution in [0.2, 0.25) is 0 Å². The van der Waals surface area contributed by atoms with Crippen LogP contribution in [-0.4, -0.2) is 21.1 Å². The van der Waals surface area contributed by atoms with Crippen LogP contribution in [0.15, 0.2) is 39.7 Å². The van der Waals surface area contributed by atoms with Crippen molar-refractivity contribution in [3.05, 3.63) is 57.1 Å². The van der Waals surface area contributed by atoms with Crippen molar-refractivity contribution >= 4 is 26.0 Å². The minimum absolute atomic E-state index is 0.280. The largest absolute Gasteiger partial charge is 0.492 e. The topological polar surface area (TPSA) is 55.4 Å². The zero-order valence-corrected chi connectivity index (χ0v) is 16.3. The summed E-state index contributed by atoms with van der Waals surface area (Å²) in [6.45, 7) is 6.06. The SMILES string of the molecule is Cc1cc(C)c(S(=O)(=O)N[C@@H]2COc3ccc(Br)cc3C2)cc1C. The van der Waals surface area contributed by atoms with E-state index in [1.807, 2.05) is 45.0 Å². The molecule has 1 aliphatic heterocycles. The number of rotatable bonds is 3. The number of hydrogen-bond acceptors (Lipinski definition) is 3. The predicted octanol–water partition coefficient (Wildman–Crippen LogP) is 3.66. The van der Waals surface area contributed by atoms with Crippen molar-refractivity contribution in [2.24, 2.45) is 0 Å². The van der Waals surface area contributed by atoms with Gasteiger partial charge in [-0.1, -0.05) is 22.0 Å². The molecule has 0 aromatic heterocycles. The first-order valence-electron chi connectivity index (χ1n) is 7.77. The van der Waals surface area contributed by atoms with Gasteiger partial charge in [0.15, 0.2) is 0 Å². The van der Waals surface area contributed by atoms with Gasteiger partial charge in [-0.3, -0.25) is 0 Å². The summed E-state index contributed by atoms with van der Waals surface area (Å²) < 4.78 is 35.0. The molecule has 0 saturated carbocycles. The summed E-state index contributed by atoms with van der Waals surface area (Å²) in [4.78, 5) is 0.339. The van der Waals surface area contributed by atoms with E-state index in [-0.39, 0.29) is 6.04 Å². The summed E-state index contributed by atoms with van der Waals surface area (Å²) in [5, 5.41) is 0. The monoisotopic (exact) mass is 409 g/mol.